The molecule has 4 nitrogen and oxygen atoms in total. The molecule has 0 bridgehead atoms. The highest BCUT2D eigenvalue weighted by Crippen LogP contribution is 2.16. The summed E-state index contributed by atoms with van der Waals surface area (Å²) in [6.07, 6.45) is 42.6. The second-order valence-corrected chi connectivity index (χ2v) is 11.7. The van der Waals surface area contributed by atoms with Gasteiger partial charge in [0.15, 0.2) is 0 Å². The predicted octanol–water partition coefficient (Wildman–Crippen LogP) is 11.8. The fourth-order valence-electron chi connectivity index (χ4n) is 5.45. The van der Waals surface area contributed by atoms with Crippen molar-refractivity contribution in [1.29, 1.82) is 0 Å². The smallest absolute Gasteiger partial charge is 0.0570 e. The van der Waals surface area contributed by atoms with Crippen LogP contribution in [0.3, 0.4) is 0 Å². The van der Waals surface area contributed by atoms with E-state index in [4.69, 9.17) is 0 Å². The second kappa shape index (κ2) is 38.5. The van der Waals surface area contributed by atoms with Crippen LogP contribution in [-0.4, -0.2) is 10.9 Å². The normalized spacial score (nSPS) is 11.5. The number of hydrogen-bond donors (Lipinski definition) is 3. The van der Waals surface area contributed by atoms with E-state index in [9.17, 15) is 5.21 Å². The molecule has 0 aliphatic carbocycles. The van der Waals surface area contributed by atoms with Gasteiger partial charge in [-0.25, -0.2) is 0 Å². The maximum atomic E-state index is 9.33. The van der Waals surface area contributed by atoms with Gasteiger partial charge in [-0.2, -0.15) is 0 Å². The highest BCUT2D eigenvalue weighted by molar-refractivity contribution is 5.83. The van der Waals surface area contributed by atoms with Crippen LogP contribution in [0.25, 0.3) is 0 Å². The number of hydrazine groups is 1. The minimum atomic E-state index is 1.01. The van der Waals surface area contributed by atoms with Gasteiger partial charge in [0.05, 0.1) is 5.71 Å². The molecular weight excluding hydrogens is 466 g/mol. The van der Waals surface area contributed by atoms with Crippen LogP contribution in [-0.2, 0) is 0 Å². The van der Waals surface area contributed by atoms with Gasteiger partial charge in [-0.15, -0.1) is 0 Å². The Balaban J connectivity index is 0. The number of nitrogens with zero attached hydrogens (tertiary/aromatic N) is 1. The molecule has 0 rings (SSSR count). The maximum Gasteiger partial charge on any atom is 0.0570 e. The molecule has 0 amide bonds. The largest absolute Gasteiger partial charge is 0.411 e. The summed E-state index contributed by atoms with van der Waals surface area (Å²) in [6, 6.07) is 0. The lowest BCUT2D eigenvalue weighted by Gasteiger charge is -2.06. The first kappa shape index (κ1) is 39.5. The minimum absolute atomic E-state index is 1.01. The van der Waals surface area contributed by atoms with Crippen LogP contribution in [0, 0.1) is 0 Å². The molecule has 0 aliphatic heterocycles. The van der Waals surface area contributed by atoms with E-state index in [1.54, 1.807) is 0 Å². The van der Waals surface area contributed by atoms with Gasteiger partial charge in [0.2, 0.25) is 0 Å². The molecule has 0 unspecified atom stereocenters. The Morgan fingerprint density at radius 3 is 0.737 bits per heavy atom. The number of hydrogen-bond acceptors (Lipinski definition) is 4. The minimum Gasteiger partial charge on any atom is -0.411 e. The zero-order chi connectivity index (χ0) is 28.2. The van der Waals surface area contributed by atoms with Crippen molar-refractivity contribution in [3.8, 4) is 0 Å². The zero-order valence-electron chi connectivity index (χ0n) is 26.5. The van der Waals surface area contributed by atoms with Crippen LogP contribution in [0.2, 0.25) is 0 Å². The zero-order valence-corrected chi connectivity index (χ0v) is 26.5. The number of rotatable bonds is 31. The lowest BCUT2D eigenvalue weighted by atomic mass is 10.0. The van der Waals surface area contributed by atoms with E-state index in [1.807, 2.05) is 0 Å². The molecule has 38 heavy (non-hydrogen) atoms. The lowest BCUT2D eigenvalue weighted by Crippen LogP contribution is -2.02. The number of nitrogens with two attached hydrogens (primary N) is 2. The molecule has 0 heterocycles. The van der Waals surface area contributed by atoms with Gasteiger partial charge in [-0.3, -0.25) is 11.7 Å². The van der Waals surface area contributed by atoms with E-state index in [2.05, 4.69) is 30.7 Å². The molecule has 4 heteroatoms. The molecule has 0 spiro atoms. The van der Waals surface area contributed by atoms with Crippen molar-refractivity contribution in [2.24, 2.45) is 16.8 Å². The van der Waals surface area contributed by atoms with Crippen LogP contribution >= 0.6 is 0 Å². The Morgan fingerprint density at radius 2 is 0.553 bits per heavy atom. The fraction of sp³-hybridized carbons (Fsp3) is 0.971. The fourth-order valence-corrected chi connectivity index (χ4v) is 5.45. The van der Waals surface area contributed by atoms with Crippen LogP contribution in [0.5, 0.6) is 0 Å². The van der Waals surface area contributed by atoms with Gasteiger partial charge in [0.25, 0.3) is 0 Å². The predicted molar refractivity (Wildman–Crippen MR) is 172 cm³/mol. The van der Waals surface area contributed by atoms with E-state index in [-0.39, 0.29) is 0 Å². The van der Waals surface area contributed by atoms with Crippen LogP contribution in [0.15, 0.2) is 5.16 Å². The monoisotopic (exact) mass is 540 g/mol. The summed E-state index contributed by atoms with van der Waals surface area (Å²) in [5, 5.41) is 12.9. The van der Waals surface area contributed by atoms with Crippen molar-refractivity contribution in [2.45, 2.75) is 213 Å². The number of oxime groups is 1. The van der Waals surface area contributed by atoms with Crippen molar-refractivity contribution >= 4 is 5.71 Å². The van der Waals surface area contributed by atoms with E-state index in [1.165, 1.54) is 186 Å². The molecule has 0 aromatic rings. The molecule has 0 aromatic heterocycles. The first-order valence-electron chi connectivity index (χ1n) is 17.4. The Kier molecular flexibility index (Phi) is 40.1. The van der Waals surface area contributed by atoms with Gasteiger partial charge >= 0.3 is 0 Å². The molecule has 230 valence electrons. The van der Waals surface area contributed by atoms with E-state index in [0.29, 0.717) is 0 Å². The van der Waals surface area contributed by atoms with Crippen molar-refractivity contribution in [3.05, 3.63) is 0 Å². The van der Waals surface area contributed by atoms with Crippen LogP contribution in [0.4, 0.5) is 0 Å². The van der Waals surface area contributed by atoms with Crippen molar-refractivity contribution in [2.75, 3.05) is 0 Å². The Bertz CT molecular complexity index is 428. The summed E-state index contributed by atoms with van der Waals surface area (Å²) in [5.41, 5.74) is 1.04. The van der Waals surface area contributed by atoms with Crippen molar-refractivity contribution in [3.63, 3.8) is 0 Å². The third-order valence-corrected chi connectivity index (χ3v) is 8.03. The Hall–Kier alpha value is -0.610. The van der Waals surface area contributed by atoms with Gasteiger partial charge in [0, 0.05) is 0 Å². The molecule has 5 N–H and O–H groups in total. The third-order valence-electron chi connectivity index (χ3n) is 8.03. The summed E-state index contributed by atoms with van der Waals surface area (Å²) in [5.74, 6) is 8.00. The molecule has 0 aromatic carbocycles. The van der Waals surface area contributed by atoms with E-state index in [0.717, 1.165) is 18.6 Å². The van der Waals surface area contributed by atoms with Crippen molar-refractivity contribution < 1.29 is 5.21 Å². The Labute approximate surface area is 240 Å². The summed E-state index contributed by atoms with van der Waals surface area (Å²) >= 11 is 0. The molecule has 0 fully saturated rings. The lowest BCUT2D eigenvalue weighted by molar-refractivity contribution is 0.315. The average Bonchev–Trinajstić information content (AvgIpc) is 2.95. The molecule has 0 radical (unpaired) electrons. The van der Waals surface area contributed by atoms with Gasteiger partial charge < -0.3 is 5.21 Å². The average molecular weight is 540 g/mol. The van der Waals surface area contributed by atoms with Gasteiger partial charge in [-0.05, 0) is 25.7 Å². The van der Waals surface area contributed by atoms with Crippen LogP contribution in [0.1, 0.15) is 213 Å². The summed E-state index contributed by atoms with van der Waals surface area (Å²) in [7, 11) is 0. The molecular formula is C34H73N3O. The number of unbranched alkanes of at least 4 members (excludes halogenated alkanes) is 27. The van der Waals surface area contributed by atoms with Crippen molar-refractivity contribution in [1.82, 2.24) is 0 Å². The first-order chi connectivity index (χ1) is 18.8. The molecule has 0 saturated heterocycles. The summed E-state index contributed by atoms with van der Waals surface area (Å²) in [4.78, 5) is 0. The standard InChI is InChI=1S/C34H69NO.H4N2/c1-3-5-7-9-11-13-15-17-18-19-21-23-25-27-29-31-33-34(35-36)32-30-28-26-24-22-20-16-14-12-10-8-6-4-2;1-2/h36H,3-33H2,1-2H3;1-2H2. The molecule has 0 saturated carbocycles. The van der Waals surface area contributed by atoms with E-state index >= 15 is 0 Å². The first-order valence-corrected chi connectivity index (χ1v) is 17.4. The SMILES string of the molecule is CCCCCCCCCCCCCCCCCCC(CCCCCCCCCCCCCCC)=NO.NN. The van der Waals surface area contributed by atoms with Gasteiger partial charge in [0.1, 0.15) is 0 Å². The molecule has 0 aliphatic rings. The summed E-state index contributed by atoms with van der Waals surface area (Å²) in [6.45, 7) is 4.59. The topological polar surface area (TPSA) is 84.6 Å². The van der Waals surface area contributed by atoms with E-state index < -0.39 is 0 Å². The summed E-state index contributed by atoms with van der Waals surface area (Å²) < 4.78 is 0. The van der Waals surface area contributed by atoms with Crippen LogP contribution < -0.4 is 11.7 Å². The second-order valence-electron chi connectivity index (χ2n) is 11.7. The Morgan fingerprint density at radius 1 is 0.368 bits per heavy atom. The third kappa shape index (κ3) is 35.4. The molecule has 0 atom stereocenters. The highest BCUT2D eigenvalue weighted by atomic mass is 16.4. The highest BCUT2D eigenvalue weighted by Gasteiger charge is 2.02. The quantitative estimate of drug-likeness (QED) is 0.0269. The van der Waals surface area contributed by atoms with Gasteiger partial charge in [-0.1, -0.05) is 192 Å². The maximum absolute atomic E-state index is 9.33.